The third kappa shape index (κ3) is 2.26. The van der Waals surface area contributed by atoms with Gasteiger partial charge in [-0.3, -0.25) is 0 Å². The fraction of sp³-hybridized carbons (Fsp3) is 0.462. The third-order valence-corrected chi connectivity index (χ3v) is 5.74. The number of benzene rings is 1. The SMILES string of the molecule is CC1CN(C(C)(C(=O)O)c2ccccc2)S(=O)(=O)C1. The standard InChI is InChI=1S/C13H17NO4S/c1-10-8-14(19(17,18)9-10)13(2,12(15)16)11-6-4-3-5-7-11/h3-7,10H,8-9H2,1-2H3,(H,15,16). The molecule has 0 bridgehead atoms. The quantitative estimate of drug-likeness (QED) is 0.906. The summed E-state index contributed by atoms with van der Waals surface area (Å²) in [5.41, 5.74) is -1.08. The van der Waals surface area contributed by atoms with Gasteiger partial charge >= 0.3 is 5.97 Å². The predicted octanol–water partition coefficient (Wildman–Crippen LogP) is 1.27. The van der Waals surface area contributed by atoms with Crippen LogP contribution in [0.2, 0.25) is 0 Å². The molecule has 1 aromatic carbocycles. The van der Waals surface area contributed by atoms with Crippen molar-refractivity contribution < 1.29 is 18.3 Å². The van der Waals surface area contributed by atoms with E-state index in [1.807, 2.05) is 6.92 Å². The average Bonchev–Trinajstić information content (AvgIpc) is 2.62. The largest absolute Gasteiger partial charge is 0.480 e. The van der Waals surface area contributed by atoms with Crippen LogP contribution >= 0.6 is 0 Å². The fourth-order valence-corrected chi connectivity index (χ4v) is 4.72. The van der Waals surface area contributed by atoms with E-state index < -0.39 is 21.5 Å². The Bertz CT molecular complexity index is 584. The summed E-state index contributed by atoms with van der Waals surface area (Å²) >= 11 is 0. The Balaban J connectivity index is 2.56. The number of carboxylic acids is 1. The van der Waals surface area contributed by atoms with Crippen LogP contribution in [0.5, 0.6) is 0 Å². The Morgan fingerprint density at radius 3 is 2.37 bits per heavy atom. The molecule has 1 aliphatic rings. The third-order valence-electron chi connectivity index (χ3n) is 3.56. The maximum atomic E-state index is 12.2. The molecule has 1 heterocycles. The summed E-state index contributed by atoms with van der Waals surface area (Å²) < 4.78 is 25.4. The number of carboxylic acid groups (broad SMARTS) is 1. The molecule has 1 aliphatic heterocycles. The van der Waals surface area contributed by atoms with Crippen LogP contribution in [0.1, 0.15) is 19.4 Å². The van der Waals surface area contributed by atoms with Crippen molar-refractivity contribution in [3.8, 4) is 0 Å². The molecule has 0 aliphatic carbocycles. The van der Waals surface area contributed by atoms with Crippen LogP contribution in [0.25, 0.3) is 0 Å². The van der Waals surface area contributed by atoms with Crippen molar-refractivity contribution in [2.24, 2.45) is 5.92 Å². The van der Waals surface area contributed by atoms with Crippen molar-refractivity contribution in [1.82, 2.24) is 4.31 Å². The van der Waals surface area contributed by atoms with E-state index in [4.69, 9.17) is 0 Å². The molecule has 1 fully saturated rings. The second-order valence-corrected chi connectivity index (χ2v) is 7.10. The van der Waals surface area contributed by atoms with Gasteiger partial charge in [0.05, 0.1) is 5.75 Å². The van der Waals surface area contributed by atoms with Crippen LogP contribution in [-0.2, 0) is 20.4 Å². The molecule has 1 saturated heterocycles. The first-order chi connectivity index (χ1) is 8.78. The molecule has 0 aromatic heterocycles. The number of hydrogen-bond donors (Lipinski definition) is 1. The van der Waals surface area contributed by atoms with E-state index in [0.717, 1.165) is 4.31 Å². The molecule has 1 aromatic rings. The molecule has 0 radical (unpaired) electrons. The highest BCUT2D eigenvalue weighted by molar-refractivity contribution is 7.89. The number of hydrogen-bond acceptors (Lipinski definition) is 3. The molecule has 0 saturated carbocycles. The van der Waals surface area contributed by atoms with Gasteiger partial charge in [0.1, 0.15) is 0 Å². The molecule has 2 atom stereocenters. The Morgan fingerprint density at radius 1 is 1.37 bits per heavy atom. The zero-order chi connectivity index (χ0) is 14.3. The number of aliphatic carboxylic acids is 1. The average molecular weight is 283 g/mol. The van der Waals surface area contributed by atoms with Crippen LogP contribution in [-0.4, -0.2) is 36.1 Å². The molecule has 19 heavy (non-hydrogen) atoms. The molecule has 0 spiro atoms. The summed E-state index contributed by atoms with van der Waals surface area (Å²) in [5.74, 6) is -1.22. The number of rotatable bonds is 3. The Kier molecular flexibility index (Phi) is 3.40. The van der Waals surface area contributed by atoms with Crippen LogP contribution in [0.15, 0.2) is 30.3 Å². The number of sulfonamides is 1. The second-order valence-electron chi connectivity index (χ2n) is 5.16. The second kappa shape index (κ2) is 4.61. The van der Waals surface area contributed by atoms with Crippen molar-refractivity contribution in [2.75, 3.05) is 12.3 Å². The Labute approximate surface area is 112 Å². The molecule has 2 rings (SSSR count). The van der Waals surface area contributed by atoms with Crippen LogP contribution < -0.4 is 0 Å². The van der Waals surface area contributed by atoms with Gasteiger partial charge in [-0.05, 0) is 18.4 Å². The topological polar surface area (TPSA) is 74.7 Å². The zero-order valence-corrected chi connectivity index (χ0v) is 11.7. The summed E-state index contributed by atoms with van der Waals surface area (Å²) in [6, 6.07) is 8.48. The molecular formula is C13H17NO4S. The van der Waals surface area contributed by atoms with E-state index in [1.165, 1.54) is 6.92 Å². The minimum absolute atomic E-state index is 0.00268. The van der Waals surface area contributed by atoms with Crippen molar-refractivity contribution in [2.45, 2.75) is 19.4 Å². The summed E-state index contributed by atoms with van der Waals surface area (Å²) in [6.45, 7) is 3.49. The minimum atomic E-state index is -3.53. The summed E-state index contributed by atoms with van der Waals surface area (Å²) in [5, 5.41) is 9.56. The first-order valence-corrected chi connectivity index (χ1v) is 7.69. The van der Waals surface area contributed by atoms with Gasteiger partial charge in [-0.2, -0.15) is 4.31 Å². The van der Waals surface area contributed by atoms with Gasteiger partial charge in [-0.25, -0.2) is 13.2 Å². The van der Waals surface area contributed by atoms with E-state index in [1.54, 1.807) is 30.3 Å². The fourth-order valence-electron chi connectivity index (χ4n) is 2.50. The molecule has 6 heteroatoms. The van der Waals surface area contributed by atoms with E-state index in [2.05, 4.69) is 0 Å². The molecule has 2 unspecified atom stereocenters. The Hall–Kier alpha value is -1.40. The lowest BCUT2D eigenvalue weighted by Gasteiger charge is -2.34. The van der Waals surface area contributed by atoms with E-state index >= 15 is 0 Å². The Morgan fingerprint density at radius 2 is 1.95 bits per heavy atom. The van der Waals surface area contributed by atoms with Crippen LogP contribution in [0.3, 0.4) is 0 Å². The van der Waals surface area contributed by atoms with Gasteiger partial charge in [-0.15, -0.1) is 0 Å². The lowest BCUT2D eigenvalue weighted by atomic mass is 9.91. The lowest BCUT2D eigenvalue weighted by molar-refractivity contribution is -0.148. The van der Waals surface area contributed by atoms with Crippen LogP contribution in [0.4, 0.5) is 0 Å². The van der Waals surface area contributed by atoms with E-state index in [9.17, 15) is 18.3 Å². The maximum Gasteiger partial charge on any atom is 0.329 e. The van der Waals surface area contributed by atoms with E-state index in [0.29, 0.717) is 5.56 Å². The van der Waals surface area contributed by atoms with E-state index in [-0.39, 0.29) is 18.2 Å². The zero-order valence-electron chi connectivity index (χ0n) is 10.9. The van der Waals surface area contributed by atoms with Crippen molar-refractivity contribution >= 4 is 16.0 Å². The number of nitrogens with zero attached hydrogens (tertiary/aromatic N) is 1. The minimum Gasteiger partial charge on any atom is -0.480 e. The molecule has 1 N–H and O–H groups in total. The smallest absolute Gasteiger partial charge is 0.329 e. The van der Waals surface area contributed by atoms with Crippen molar-refractivity contribution in [3.63, 3.8) is 0 Å². The van der Waals surface area contributed by atoms with Gasteiger partial charge in [0.2, 0.25) is 10.0 Å². The summed E-state index contributed by atoms with van der Waals surface area (Å²) in [6.07, 6.45) is 0. The van der Waals surface area contributed by atoms with Gasteiger partial charge in [0, 0.05) is 6.54 Å². The van der Waals surface area contributed by atoms with Gasteiger partial charge in [0.25, 0.3) is 0 Å². The molecule has 104 valence electrons. The highest BCUT2D eigenvalue weighted by Gasteiger charge is 2.51. The molecule has 5 nitrogen and oxygen atoms in total. The van der Waals surface area contributed by atoms with Gasteiger partial charge in [-0.1, -0.05) is 37.3 Å². The number of carbonyl (C=O) groups is 1. The maximum absolute atomic E-state index is 12.2. The van der Waals surface area contributed by atoms with Crippen molar-refractivity contribution in [3.05, 3.63) is 35.9 Å². The lowest BCUT2D eigenvalue weighted by Crippen LogP contribution is -2.50. The van der Waals surface area contributed by atoms with Crippen LogP contribution in [0, 0.1) is 5.92 Å². The summed E-state index contributed by atoms with van der Waals surface area (Å²) in [4.78, 5) is 11.7. The molecule has 0 amide bonds. The normalized spacial score (nSPS) is 25.9. The summed E-state index contributed by atoms with van der Waals surface area (Å²) in [7, 11) is -3.53. The van der Waals surface area contributed by atoms with Gasteiger partial charge < -0.3 is 5.11 Å². The monoisotopic (exact) mass is 283 g/mol. The van der Waals surface area contributed by atoms with Gasteiger partial charge in [0.15, 0.2) is 5.54 Å². The highest BCUT2D eigenvalue weighted by atomic mass is 32.2. The predicted molar refractivity (Wildman–Crippen MR) is 71.1 cm³/mol. The molecular weight excluding hydrogens is 266 g/mol. The first-order valence-electron chi connectivity index (χ1n) is 6.08. The van der Waals surface area contributed by atoms with Crippen molar-refractivity contribution in [1.29, 1.82) is 0 Å². The first kappa shape index (κ1) is 14.0. The highest BCUT2D eigenvalue weighted by Crippen LogP contribution is 2.36.